The highest BCUT2D eigenvalue weighted by Crippen LogP contribution is 2.38. The van der Waals surface area contributed by atoms with E-state index in [0.717, 1.165) is 30.6 Å². The maximum atomic E-state index is 6.20. The summed E-state index contributed by atoms with van der Waals surface area (Å²) in [5.74, 6) is 1.02. The lowest BCUT2D eigenvalue weighted by atomic mass is 9.99. The zero-order valence-corrected chi connectivity index (χ0v) is 9.84. The molecule has 2 heteroatoms. The molecule has 16 heavy (non-hydrogen) atoms. The summed E-state index contributed by atoms with van der Waals surface area (Å²) in [6.45, 7) is 4.15. The average molecular weight is 215 g/mol. The van der Waals surface area contributed by atoms with Crippen LogP contribution in [-0.4, -0.2) is 5.54 Å². The van der Waals surface area contributed by atoms with Crippen molar-refractivity contribution in [2.75, 3.05) is 0 Å². The minimum absolute atomic E-state index is 0.0614. The summed E-state index contributed by atoms with van der Waals surface area (Å²) in [5.41, 5.74) is 9.85. The van der Waals surface area contributed by atoms with E-state index in [1.54, 1.807) is 0 Å². The Morgan fingerprint density at radius 2 is 2.06 bits per heavy atom. The molecule has 2 nitrogen and oxygen atoms in total. The molecule has 1 fully saturated rings. The van der Waals surface area contributed by atoms with Crippen molar-refractivity contribution < 1.29 is 4.42 Å². The van der Waals surface area contributed by atoms with Crippen molar-refractivity contribution in [2.24, 2.45) is 5.73 Å². The molecule has 0 spiro atoms. The van der Waals surface area contributed by atoms with E-state index in [4.69, 9.17) is 10.2 Å². The first kappa shape index (κ1) is 9.91. The SMILES string of the molecule is Cc1oc2cccc(CC3(N)CC3)c2c1C. The molecule has 0 amide bonds. The number of rotatable bonds is 2. The maximum Gasteiger partial charge on any atom is 0.134 e. The molecular weight excluding hydrogens is 198 g/mol. The predicted molar refractivity (Wildman–Crippen MR) is 65.5 cm³/mol. The Morgan fingerprint density at radius 1 is 1.31 bits per heavy atom. The molecular formula is C14H17NO. The zero-order chi connectivity index (χ0) is 11.3. The van der Waals surface area contributed by atoms with Crippen molar-refractivity contribution in [3.05, 3.63) is 35.1 Å². The van der Waals surface area contributed by atoms with Crippen LogP contribution in [0.3, 0.4) is 0 Å². The van der Waals surface area contributed by atoms with E-state index < -0.39 is 0 Å². The second-order valence-electron chi connectivity index (χ2n) is 5.11. The fraction of sp³-hybridized carbons (Fsp3) is 0.429. The second kappa shape index (κ2) is 3.11. The Hall–Kier alpha value is -1.28. The number of nitrogens with two attached hydrogens (primary N) is 1. The van der Waals surface area contributed by atoms with Gasteiger partial charge in [0.2, 0.25) is 0 Å². The smallest absolute Gasteiger partial charge is 0.134 e. The standard InChI is InChI=1S/C14H17NO/c1-9-10(2)16-12-5-3-4-11(13(9)12)8-14(15)6-7-14/h3-5H,6-8,15H2,1-2H3. The van der Waals surface area contributed by atoms with Crippen molar-refractivity contribution in [3.63, 3.8) is 0 Å². The van der Waals surface area contributed by atoms with Gasteiger partial charge in [0.1, 0.15) is 11.3 Å². The van der Waals surface area contributed by atoms with Gasteiger partial charge in [-0.2, -0.15) is 0 Å². The number of hydrogen-bond donors (Lipinski definition) is 1. The predicted octanol–water partition coefficient (Wildman–Crippen LogP) is 3.08. The molecule has 1 heterocycles. The van der Waals surface area contributed by atoms with E-state index in [0.29, 0.717) is 0 Å². The van der Waals surface area contributed by atoms with Gasteiger partial charge in [-0.1, -0.05) is 12.1 Å². The molecule has 2 aromatic rings. The summed E-state index contributed by atoms with van der Waals surface area (Å²) >= 11 is 0. The first-order valence-corrected chi connectivity index (χ1v) is 5.86. The summed E-state index contributed by atoms with van der Waals surface area (Å²) in [4.78, 5) is 0. The highest BCUT2D eigenvalue weighted by Gasteiger charge is 2.38. The van der Waals surface area contributed by atoms with E-state index in [1.807, 2.05) is 13.0 Å². The fourth-order valence-electron chi connectivity index (χ4n) is 2.37. The van der Waals surface area contributed by atoms with E-state index in [1.165, 1.54) is 16.5 Å². The minimum atomic E-state index is 0.0614. The molecule has 0 bridgehead atoms. The topological polar surface area (TPSA) is 39.2 Å². The molecule has 0 aliphatic heterocycles. The van der Waals surface area contributed by atoms with Crippen LogP contribution in [0.25, 0.3) is 11.0 Å². The van der Waals surface area contributed by atoms with Gasteiger partial charge in [-0.3, -0.25) is 0 Å². The molecule has 0 unspecified atom stereocenters. The van der Waals surface area contributed by atoms with Crippen LogP contribution in [0.2, 0.25) is 0 Å². The van der Waals surface area contributed by atoms with Gasteiger partial charge in [-0.25, -0.2) is 0 Å². The highest BCUT2D eigenvalue weighted by molar-refractivity contribution is 5.85. The van der Waals surface area contributed by atoms with E-state index >= 15 is 0 Å². The Kier molecular flexibility index (Phi) is 1.93. The Morgan fingerprint density at radius 3 is 2.75 bits per heavy atom. The van der Waals surface area contributed by atoms with Crippen LogP contribution >= 0.6 is 0 Å². The van der Waals surface area contributed by atoms with Crippen molar-refractivity contribution in [1.82, 2.24) is 0 Å². The monoisotopic (exact) mass is 215 g/mol. The van der Waals surface area contributed by atoms with Crippen molar-refractivity contribution in [1.29, 1.82) is 0 Å². The molecule has 1 aromatic heterocycles. The van der Waals surface area contributed by atoms with Crippen LogP contribution in [0.1, 0.15) is 29.7 Å². The van der Waals surface area contributed by atoms with Crippen molar-refractivity contribution in [2.45, 2.75) is 38.6 Å². The maximum absolute atomic E-state index is 6.20. The minimum Gasteiger partial charge on any atom is -0.461 e. The quantitative estimate of drug-likeness (QED) is 0.836. The molecule has 0 radical (unpaired) electrons. The Bertz CT molecular complexity index is 549. The summed E-state index contributed by atoms with van der Waals surface area (Å²) in [5, 5.41) is 1.27. The molecule has 1 saturated carbocycles. The first-order chi connectivity index (χ1) is 7.59. The van der Waals surface area contributed by atoms with Gasteiger partial charge in [0.05, 0.1) is 0 Å². The van der Waals surface area contributed by atoms with Gasteiger partial charge in [0.15, 0.2) is 0 Å². The number of furan rings is 1. The number of hydrogen-bond acceptors (Lipinski definition) is 2. The molecule has 1 aliphatic rings. The van der Waals surface area contributed by atoms with Crippen LogP contribution < -0.4 is 5.73 Å². The van der Waals surface area contributed by atoms with Gasteiger partial charge in [-0.15, -0.1) is 0 Å². The zero-order valence-electron chi connectivity index (χ0n) is 9.84. The summed E-state index contributed by atoms with van der Waals surface area (Å²) in [6.07, 6.45) is 3.28. The number of aryl methyl sites for hydroxylation is 2. The van der Waals surface area contributed by atoms with Crippen LogP contribution in [0.4, 0.5) is 0 Å². The lowest BCUT2D eigenvalue weighted by Crippen LogP contribution is -2.24. The van der Waals surface area contributed by atoms with Gasteiger partial charge < -0.3 is 10.2 Å². The van der Waals surface area contributed by atoms with Crippen LogP contribution in [0.15, 0.2) is 22.6 Å². The third-order valence-electron chi connectivity index (χ3n) is 3.71. The molecule has 1 aliphatic carbocycles. The molecule has 0 saturated heterocycles. The van der Waals surface area contributed by atoms with Crippen LogP contribution in [0, 0.1) is 13.8 Å². The van der Waals surface area contributed by atoms with Crippen molar-refractivity contribution in [3.8, 4) is 0 Å². The van der Waals surface area contributed by atoms with Crippen LogP contribution in [-0.2, 0) is 6.42 Å². The normalized spacial score (nSPS) is 17.9. The van der Waals surface area contributed by atoms with E-state index in [-0.39, 0.29) is 5.54 Å². The Balaban J connectivity index is 2.16. The highest BCUT2D eigenvalue weighted by atomic mass is 16.3. The molecule has 2 N–H and O–H groups in total. The average Bonchev–Trinajstić information content (AvgIpc) is 2.87. The largest absolute Gasteiger partial charge is 0.461 e. The van der Waals surface area contributed by atoms with Crippen LogP contribution in [0.5, 0.6) is 0 Å². The van der Waals surface area contributed by atoms with E-state index in [2.05, 4.69) is 19.1 Å². The number of benzene rings is 1. The fourth-order valence-corrected chi connectivity index (χ4v) is 2.37. The Labute approximate surface area is 95.4 Å². The summed E-state index contributed by atoms with van der Waals surface area (Å²) in [6, 6.07) is 6.28. The molecule has 3 rings (SSSR count). The third kappa shape index (κ3) is 1.45. The summed E-state index contributed by atoms with van der Waals surface area (Å²) < 4.78 is 5.73. The molecule has 84 valence electrons. The lowest BCUT2D eigenvalue weighted by molar-refractivity contribution is 0.575. The van der Waals surface area contributed by atoms with Crippen molar-refractivity contribution >= 4 is 11.0 Å². The number of fused-ring (bicyclic) bond motifs is 1. The van der Waals surface area contributed by atoms with E-state index in [9.17, 15) is 0 Å². The van der Waals surface area contributed by atoms with Gasteiger partial charge in [-0.05, 0) is 50.3 Å². The van der Waals surface area contributed by atoms with Gasteiger partial charge in [0.25, 0.3) is 0 Å². The first-order valence-electron chi connectivity index (χ1n) is 5.86. The lowest BCUT2D eigenvalue weighted by Gasteiger charge is -2.09. The second-order valence-corrected chi connectivity index (χ2v) is 5.11. The van der Waals surface area contributed by atoms with Gasteiger partial charge >= 0.3 is 0 Å². The molecule has 0 atom stereocenters. The van der Waals surface area contributed by atoms with Gasteiger partial charge in [0, 0.05) is 10.9 Å². The molecule has 1 aromatic carbocycles. The third-order valence-corrected chi connectivity index (χ3v) is 3.71. The summed E-state index contributed by atoms with van der Waals surface area (Å²) in [7, 11) is 0.